The van der Waals surface area contributed by atoms with Crippen LogP contribution in [0.15, 0.2) is 42.5 Å². The molecule has 7 heteroatoms. The molecule has 0 saturated heterocycles. The first-order chi connectivity index (χ1) is 11.5. The van der Waals surface area contributed by atoms with Crippen LogP contribution in [0.4, 0.5) is 0 Å². The van der Waals surface area contributed by atoms with Crippen molar-refractivity contribution in [3.63, 3.8) is 0 Å². The third-order valence-corrected chi connectivity index (χ3v) is 6.15. The predicted octanol–water partition coefficient (Wildman–Crippen LogP) is 2.00. The summed E-state index contributed by atoms with van der Waals surface area (Å²) < 4.78 is 32.1. The molecule has 3 rings (SSSR count). The van der Waals surface area contributed by atoms with Gasteiger partial charge in [0.1, 0.15) is 12.4 Å². The van der Waals surface area contributed by atoms with Crippen molar-refractivity contribution in [1.29, 1.82) is 0 Å². The van der Waals surface area contributed by atoms with Gasteiger partial charge in [-0.1, -0.05) is 30.3 Å². The number of hydrogen-bond acceptors (Lipinski definition) is 4. The molecule has 1 fully saturated rings. The highest BCUT2D eigenvalue weighted by molar-refractivity contribution is 7.90. The van der Waals surface area contributed by atoms with Gasteiger partial charge >= 0.3 is 5.97 Å². The van der Waals surface area contributed by atoms with Crippen LogP contribution in [0.1, 0.15) is 12.8 Å². The molecule has 0 unspecified atom stereocenters. The largest absolute Gasteiger partial charge is 0.492 e. The summed E-state index contributed by atoms with van der Waals surface area (Å²) >= 11 is 0. The molecule has 6 nitrogen and oxygen atoms in total. The van der Waals surface area contributed by atoms with Gasteiger partial charge in [-0.15, -0.1) is 0 Å². The van der Waals surface area contributed by atoms with Crippen LogP contribution >= 0.6 is 0 Å². The summed E-state index contributed by atoms with van der Waals surface area (Å²) in [6, 6.07) is 13.6. The van der Waals surface area contributed by atoms with Gasteiger partial charge in [-0.05, 0) is 35.7 Å². The maximum Gasteiger partial charge on any atom is 0.306 e. The number of aliphatic carboxylic acids is 1. The van der Waals surface area contributed by atoms with Gasteiger partial charge in [0.15, 0.2) is 0 Å². The number of fused-ring (bicyclic) bond motifs is 1. The van der Waals surface area contributed by atoms with Crippen LogP contribution in [0.3, 0.4) is 0 Å². The molecule has 128 valence electrons. The average molecular weight is 349 g/mol. The standard InChI is InChI=1S/C17H19NO5S/c19-17(20)14-10-16(11-14)24(21,22)18-7-8-23-15-6-5-12-3-1-2-4-13(12)9-15/h1-6,9,14,16,18H,7-8,10-11H2,(H,19,20). The van der Waals surface area contributed by atoms with Crippen LogP contribution in [0.2, 0.25) is 0 Å². The molecular formula is C17H19NO5S. The first kappa shape index (κ1) is 16.7. The second-order valence-electron chi connectivity index (χ2n) is 5.93. The lowest BCUT2D eigenvalue weighted by Crippen LogP contribution is -2.46. The molecule has 0 spiro atoms. The number of carboxylic acids is 1. The fourth-order valence-electron chi connectivity index (χ4n) is 2.75. The number of sulfonamides is 1. The summed E-state index contributed by atoms with van der Waals surface area (Å²) in [4.78, 5) is 10.7. The minimum Gasteiger partial charge on any atom is -0.492 e. The smallest absolute Gasteiger partial charge is 0.306 e. The monoisotopic (exact) mass is 349 g/mol. The summed E-state index contributed by atoms with van der Waals surface area (Å²) in [5.74, 6) is -0.788. The van der Waals surface area contributed by atoms with E-state index >= 15 is 0 Å². The summed E-state index contributed by atoms with van der Waals surface area (Å²) in [6.45, 7) is 0.371. The molecule has 1 aliphatic carbocycles. The molecule has 1 aliphatic rings. The van der Waals surface area contributed by atoms with Crippen LogP contribution < -0.4 is 9.46 Å². The molecule has 0 bridgehead atoms. The highest BCUT2D eigenvalue weighted by Gasteiger charge is 2.42. The van der Waals surface area contributed by atoms with E-state index in [1.807, 2.05) is 42.5 Å². The highest BCUT2D eigenvalue weighted by atomic mass is 32.2. The molecule has 0 amide bonds. The first-order valence-electron chi connectivity index (χ1n) is 7.78. The van der Waals surface area contributed by atoms with Crippen molar-refractivity contribution >= 4 is 26.8 Å². The van der Waals surface area contributed by atoms with Crippen molar-refractivity contribution in [2.45, 2.75) is 18.1 Å². The summed E-state index contributed by atoms with van der Waals surface area (Å²) in [5.41, 5.74) is 0. The van der Waals surface area contributed by atoms with Crippen molar-refractivity contribution in [3.05, 3.63) is 42.5 Å². The summed E-state index contributed by atoms with van der Waals surface area (Å²) in [7, 11) is -3.47. The SMILES string of the molecule is O=C(O)C1CC(S(=O)(=O)NCCOc2ccc3ccccc3c2)C1. The third kappa shape index (κ3) is 3.68. The van der Waals surface area contributed by atoms with Gasteiger partial charge in [-0.2, -0.15) is 0 Å². The van der Waals surface area contributed by atoms with Gasteiger partial charge in [-0.3, -0.25) is 4.79 Å². The first-order valence-corrected chi connectivity index (χ1v) is 9.33. The molecule has 0 aliphatic heterocycles. The number of carbonyl (C=O) groups is 1. The second kappa shape index (κ2) is 6.78. The van der Waals surface area contributed by atoms with Crippen molar-refractivity contribution in [2.24, 2.45) is 5.92 Å². The van der Waals surface area contributed by atoms with E-state index in [2.05, 4.69) is 4.72 Å². The Morgan fingerprint density at radius 1 is 1.17 bits per heavy atom. The van der Waals surface area contributed by atoms with Crippen LogP contribution in [-0.4, -0.2) is 37.9 Å². The quantitative estimate of drug-likeness (QED) is 0.746. The van der Waals surface area contributed by atoms with E-state index in [4.69, 9.17) is 9.84 Å². The normalized spacial score (nSPS) is 20.5. The van der Waals surface area contributed by atoms with Crippen LogP contribution in [-0.2, 0) is 14.8 Å². The molecular weight excluding hydrogens is 330 g/mol. The second-order valence-corrected chi connectivity index (χ2v) is 7.97. The van der Waals surface area contributed by atoms with Crippen LogP contribution in [0, 0.1) is 5.92 Å². The third-order valence-electron chi connectivity index (χ3n) is 4.28. The summed E-state index contributed by atoms with van der Waals surface area (Å²) in [6.07, 6.45) is 0.354. The van der Waals surface area contributed by atoms with Gasteiger partial charge in [-0.25, -0.2) is 13.1 Å². The minimum absolute atomic E-state index is 0.156. The Kier molecular flexibility index (Phi) is 4.73. The number of benzene rings is 2. The Bertz CT molecular complexity index is 843. The van der Waals surface area contributed by atoms with E-state index in [1.165, 1.54) is 0 Å². The van der Waals surface area contributed by atoms with E-state index in [9.17, 15) is 13.2 Å². The molecule has 0 aromatic heterocycles. The molecule has 1 saturated carbocycles. The lowest BCUT2D eigenvalue weighted by molar-refractivity contribution is -0.144. The zero-order chi connectivity index (χ0) is 17.2. The maximum atomic E-state index is 12.0. The Hall–Kier alpha value is -2.12. The number of ether oxygens (including phenoxy) is 1. The fraction of sp³-hybridized carbons (Fsp3) is 0.353. The summed E-state index contributed by atoms with van der Waals surface area (Å²) in [5, 5.41) is 10.4. The van der Waals surface area contributed by atoms with E-state index in [0.29, 0.717) is 5.75 Å². The van der Waals surface area contributed by atoms with Crippen LogP contribution in [0.5, 0.6) is 5.75 Å². The van der Waals surface area contributed by atoms with E-state index in [0.717, 1.165) is 10.8 Å². The van der Waals surface area contributed by atoms with Crippen LogP contribution in [0.25, 0.3) is 10.8 Å². The van der Waals surface area contributed by atoms with E-state index < -0.39 is 27.2 Å². The molecule has 2 aromatic carbocycles. The number of carboxylic acid groups (broad SMARTS) is 1. The molecule has 0 atom stereocenters. The molecule has 2 aromatic rings. The fourth-order valence-corrected chi connectivity index (χ4v) is 4.32. The van der Waals surface area contributed by atoms with Crippen molar-refractivity contribution in [3.8, 4) is 5.75 Å². The Balaban J connectivity index is 1.47. The topological polar surface area (TPSA) is 92.7 Å². The molecule has 24 heavy (non-hydrogen) atoms. The van der Waals surface area contributed by atoms with E-state index in [-0.39, 0.29) is 26.0 Å². The lowest BCUT2D eigenvalue weighted by Gasteiger charge is -2.31. The van der Waals surface area contributed by atoms with Crippen molar-refractivity contribution in [2.75, 3.05) is 13.2 Å². The Morgan fingerprint density at radius 2 is 1.88 bits per heavy atom. The lowest BCUT2D eigenvalue weighted by atomic mass is 9.85. The highest BCUT2D eigenvalue weighted by Crippen LogP contribution is 2.32. The van der Waals surface area contributed by atoms with E-state index in [1.54, 1.807) is 0 Å². The number of nitrogens with one attached hydrogen (secondary N) is 1. The van der Waals surface area contributed by atoms with Gasteiger partial charge in [0.05, 0.1) is 11.2 Å². The minimum atomic E-state index is -3.47. The Labute approximate surface area is 140 Å². The molecule has 0 heterocycles. The van der Waals surface area contributed by atoms with Crippen molar-refractivity contribution < 1.29 is 23.1 Å². The molecule has 0 radical (unpaired) electrons. The zero-order valence-corrected chi connectivity index (χ0v) is 13.8. The Morgan fingerprint density at radius 3 is 2.58 bits per heavy atom. The van der Waals surface area contributed by atoms with Gasteiger partial charge in [0, 0.05) is 6.54 Å². The number of rotatable bonds is 7. The number of hydrogen-bond donors (Lipinski definition) is 2. The molecule has 2 N–H and O–H groups in total. The zero-order valence-electron chi connectivity index (χ0n) is 13.0. The van der Waals surface area contributed by atoms with Gasteiger partial charge in [0.25, 0.3) is 0 Å². The maximum absolute atomic E-state index is 12.0. The predicted molar refractivity (Wildman–Crippen MR) is 90.5 cm³/mol. The average Bonchev–Trinajstić information content (AvgIpc) is 2.49. The van der Waals surface area contributed by atoms with Gasteiger partial charge < -0.3 is 9.84 Å². The van der Waals surface area contributed by atoms with Crippen molar-refractivity contribution in [1.82, 2.24) is 4.72 Å². The van der Waals surface area contributed by atoms with Gasteiger partial charge in [0.2, 0.25) is 10.0 Å².